The number of benzene rings is 2. The number of nitrogens with one attached hydrogen (secondary N) is 1. The molecule has 5 rings (SSSR count). The molecule has 33 heavy (non-hydrogen) atoms. The summed E-state index contributed by atoms with van der Waals surface area (Å²) in [4.78, 5) is 24.4. The first kappa shape index (κ1) is 21.1. The lowest BCUT2D eigenvalue weighted by Gasteiger charge is -2.36. The summed E-state index contributed by atoms with van der Waals surface area (Å²) in [6.07, 6.45) is 6.16. The lowest BCUT2D eigenvalue weighted by Crippen LogP contribution is -2.47. The number of amides is 1. The number of hydrogen-bond acceptors (Lipinski definition) is 5. The normalized spacial score (nSPS) is 16.2. The van der Waals surface area contributed by atoms with Crippen LogP contribution in [0.5, 0.6) is 0 Å². The zero-order valence-electron chi connectivity index (χ0n) is 18.4. The molecule has 1 aliphatic heterocycles. The fourth-order valence-corrected chi connectivity index (χ4v) is 4.51. The van der Waals surface area contributed by atoms with Crippen LogP contribution in [0.25, 0.3) is 22.0 Å². The van der Waals surface area contributed by atoms with Gasteiger partial charge < -0.3 is 10.2 Å². The van der Waals surface area contributed by atoms with Gasteiger partial charge in [-0.15, -0.1) is 0 Å². The highest BCUT2D eigenvalue weighted by Crippen LogP contribution is 2.28. The van der Waals surface area contributed by atoms with E-state index in [1.54, 1.807) is 36.4 Å². The molecule has 3 heterocycles. The number of nitrogens with zero attached hydrogens (tertiary/aromatic N) is 5. The SMILES string of the molecule is Cn1ncc(-c2ccc(F)cc2)c1C(=O)N1CCCCC1CNc1ncnc2ccccc12. The van der Waals surface area contributed by atoms with Gasteiger partial charge >= 0.3 is 0 Å². The maximum atomic E-state index is 13.7. The maximum absolute atomic E-state index is 13.7. The molecule has 1 N–H and O–H groups in total. The Morgan fingerprint density at radius 3 is 2.79 bits per heavy atom. The molecular formula is C25H25FN6O. The van der Waals surface area contributed by atoms with Gasteiger partial charge in [-0.1, -0.05) is 24.3 Å². The van der Waals surface area contributed by atoms with E-state index in [4.69, 9.17) is 0 Å². The molecule has 1 unspecified atom stereocenters. The Labute approximate surface area is 191 Å². The van der Waals surface area contributed by atoms with Crippen molar-refractivity contribution in [3.05, 3.63) is 72.6 Å². The third-order valence-electron chi connectivity index (χ3n) is 6.23. The van der Waals surface area contributed by atoms with E-state index in [0.29, 0.717) is 24.3 Å². The van der Waals surface area contributed by atoms with Crippen LogP contribution in [-0.2, 0) is 7.05 Å². The van der Waals surface area contributed by atoms with Gasteiger partial charge in [0.2, 0.25) is 0 Å². The van der Waals surface area contributed by atoms with E-state index in [1.807, 2.05) is 29.2 Å². The topological polar surface area (TPSA) is 75.9 Å². The van der Waals surface area contributed by atoms with Gasteiger partial charge in [-0.25, -0.2) is 14.4 Å². The molecule has 0 spiro atoms. The molecule has 4 aromatic rings. The summed E-state index contributed by atoms with van der Waals surface area (Å²) >= 11 is 0. The van der Waals surface area contributed by atoms with Crippen molar-refractivity contribution in [3.8, 4) is 11.1 Å². The molecule has 1 aliphatic rings. The standard InChI is InChI=1S/C25H25FN6O/c1-31-23(21(15-30-31)17-9-11-18(26)12-10-17)25(33)32-13-5-4-6-19(32)14-27-24-20-7-2-3-8-22(20)28-16-29-24/h2-3,7-12,15-16,19H,4-6,13-14H2,1H3,(H,27,28,29). The van der Waals surface area contributed by atoms with Crippen molar-refractivity contribution in [1.82, 2.24) is 24.6 Å². The minimum absolute atomic E-state index is 0.0240. The van der Waals surface area contributed by atoms with E-state index >= 15 is 0 Å². The minimum Gasteiger partial charge on any atom is -0.367 e. The largest absolute Gasteiger partial charge is 0.367 e. The van der Waals surface area contributed by atoms with Crippen LogP contribution in [0.3, 0.4) is 0 Å². The zero-order chi connectivity index (χ0) is 22.8. The Hall–Kier alpha value is -3.81. The minimum atomic E-state index is -0.310. The van der Waals surface area contributed by atoms with Crippen LogP contribution in [-0.4, -0.2) is 49.7 Å². The first-order valence-electron chi connectivity index (χ1n) is 11.1. The molecule has 0 radical (unpaired) electrons. The number of anilines is 1. The third kappa shape index (κ3) is 4.16. The lowest BCUT2D eigenvalue weighted by atomic mass is 9.99. The van der Waals surface area contributed by atoms with E-state index in [1.165, 1.54) is 12.1 Å². The molecule has 0 bridgehead atoms. The van der Waals surface area contributed by atoms with Crippen molar-refractivity contribution in [2.24, 2.45) is 7.05 Å². The van der Waals surface area contributed by atoms with Crippen LogP contribution >= 0.6 is 0 Å². The van der Waals surface area contributed by atoms with Gasteiger partial charge in [-0.2, -0.15) is 5.10 Å². The van der Waals surface area contributed by atoms with Gasteiger partial charge in [0.05, 0.1) is 11.7 Å². The predicted molar refractivity (Wildman–Crippen MR) is 125 cm³/mol. The highest BCUT2D eigenvalue weighted by molar-refractivity contribution is 5.99. The maximum Gasteiger partial charge on any atom is 0.273 e. The van der Waals surface area contributed by atoms with E-state index in [2.05, 4.69) is 20.4 Å². The molecule has 7 nitrogen and oxygen atoms in total. The van der Waals surface area contributed by atoms with Crippen LogP contribution in [0.15, 0.2) is 61.1 Å². The molecule has 0 aliphatic carbocycles. The molecular weight excluding hydrogens is 419 g/mol. The van der Waals surface area contributed by atoms with E-state index < -0.39 is 0 Å². The van der Waals surface area contributed by atoms with Crippen LogP contribution in [0.2, 0.25) is 0 Å². The molecule has 168 valence electrons. The van der Waals surface area contributed by atoms with Crippen molar-refractivity contribution in [2.75, 3.05) is 18.4 Å². The second kappa shape index (κ2) is 8.97. The molecule has 2 aromatic carbocycles. The van der Waals surface area contributed by atoms with Crippen LogP contribution in [0.4, 0.5) is 10.2 Å². The highest BCUT2D eigenvalue weighted by atomic mass is 19.1. The third-order valence-corrected chi connectivity index (χ3v) is 6.23. The van der Waals surface area contributed by atoms with Gasteiger partial charge in [0.15, 0.2) is 0 Å². The number of rotatable bonds is 5. The number of fused-ring (bicyclic) bond motifs is 1. The lowest BCUT2D eigenvalue weighted by molar-refractivity contribution is 0.0618. The van der Waals surface area contributed by atoms with Gasteiger partial charge in [0.25, 0.3) is 5.91 Å². The summed E-state index contributed by atoms with van der Waals surface area (Å²) in [7, 11) is 1.77. The number of para-hydroxylation sites is 1. The fraction of sp³-hybridized carbons (Fsp3) is 0.280. The fourth-order valence-electron chi connectivity index (χ4n) is 4.51. The van der Waals surface area contributed by atoms with Gasteiger partial charge in [-0.05, 0) is 49.1 Å². The molecule has 1 atom stereocenters. The Kier molecular flexibility index (Phi) is 5.73. The summed E-state index contributed by atoms with van der Waals surface area (Å²) in [6, 6.07) is 14.0. The number of aryl methyl sites for hydroxylation is 1. The number of carbonyl (C=O) groups excluding carboxylic acids is 1. The Bertz CT molecular complexity index is 1280. The van der Waals surface area contributed by atoms with Crippen LogP contribution in [0.1, 0.15) is 29.8 Å². The Morgan fingerprint density at radius 1 is 1.12 bits per heavy atom. The quantitative estimate of drug-likeness (QED) is 0.497. The molecule has 1 fully saturated rings. The zero-order valence-corrected chi connectivity index (χ0v) is 18.4. The van der Waals surface area contributed by atoms with E-state index in [-0.39, 0.29) is 17.8 Å². The second-order valence-electron chi connectivity index (χ2n) is 8.31. The van der Waals surface area contributed by atoms with Crippen molar-refractivity contribution in [1.29, 1.82) is 0 Å². The van der Waals surface area contributed by atoms with Crippen molar-refractivity contribution >= 4 is 22.6 Å². The van der Waals surface area contributed by atoms with Crippen molar-refractivity contribution in [2.45, 2.75) is 25.3 Å². The second-order valence-corrected chi connectivity index (χ2v) is 8.31. The summed E-state index contributed by atoms with van der Waals surface area (Å²) < 4.78 is 15.0. The van der Waals surface area contributed by atoms with Gasteiger partial charge in [-0.3, -0.25) is 9.48 Å². The van der Waals surface area contributed by atoms with Crippen LogP contribution in [0, 0.1) is 5.82 Å². The van der Waals surface area contributed by atoms with Crippen molar-refractivity contribution in [3.63, 3.8) is 0 Å². The Balaban J connectivity index is 1.40. The average molecular weight is 445 g/mol. The summed E-state index contributed by atoms with van der Waals surface area (Å²) in [5.74, 6) is 0.398. The van der Waals surface area contributed by atoms with Crippen LogP contribution < -0.4 is 5.32 Å². The summed E-state index contributed by atoms with van der Waals surface area (Å²) in [5.41, 5.74) is 2.87. The van der Waals surface area contributed by atoms with Gasteiger partial charge in [0.1, 0.15) is 23.7 Å². The molecule has 0 saturated carbocycles. The number of hydrogen-bond donors (Lipinski definition) is 1. The number of halogens is 1. The molecule has 1 amide bonds. The van der Waals surface area contributed by atoms with Crippen molar-refractivity contribution < 1.29 is 9.18 Å². The molecule has 8 heteroatoms. The summed E-state index contributed by atoms with van der Waals surface area (Å²) in [6.45, 7) is 1.28. The predicted octanol–water partition coefficient (Wildman–Crippen LogP) is 4.28. The Morgan fingerprint density at radius 2 is 1.94 bits per heavy atom. The van der Waals surface area contributed by atoms with Gasteiger partial charge in [0, 0.05) is 37.1 Å². The van der Waals surface area contributed by atoms with E-state index in [9.17, 15) is 9.18 Å². The first-order chi connectivity index (χ1) is 16.1. The monoisotopic (exact) mass is 444 g/mol. The first-order valence-corrected chi connectivity index (χ1v) is 11.1. The average Bonchev–Trinajstić information content (AvgIpc) is 3.24. The highest BCUT2D eigenvalue weighted by Gasteiger charge is 2.31. The smallest absolute Gasteiger partial charge is 0.273 e. The molecule has 2 aromatic heterocycles. The summed E-state index contributed by atoms with van der Waals surface area (Å²) in [5, 5.41) is 8.73. The number of piperidine rings is 1. The number of aromatic nitrogens is 4. The van der Waals surface area contributed by atoms with E-state index in [0.717, 1.165) is 41.5 Å². The molecule has 1 saturated heterocycles. The number of likely N-dealkylation sites (tertiary alicyclic amines) is 1. The number of carbonyl (C=O) groups is 1.